The first-order valence-electron chi connectivity index (χ1n) is 9.55. The lowest BCUT2D eigenvalue weighted by atomic mass is 9.96. The minimum Gasteiger partial charge on any atom is -0.481 e. The number of sulfonamides is 1. The lowest BCUT2D eigenvalue weighted by molar-refractivity contribution is -0.137. The van der Waals surface area contributed by atoms with Gasteiger partial charge in [0.25, 0.3) is 10.0 Å². The summed E-state index contributed by atoms with van der Waals surface area (Å²) < 4.78 is 27.5. The van der Waals surface area contributed by atoms with Crippen molar-refractivity contribution >= 4 is 21.7 Å². The number of unbranched alkanes of at least 4 members (excludes halogenated alkanes) is 3. The normalized spacial score (nSPS) is 17.5. The number of benzene rings is 2. The maximum absolute atomic E-state index is 13.1. The lowest BCUT2D eigenvalue weighted by Crippen LogP contribution is -2.26. The highest BCUT2D eigenvalue weighted by Gasteiger charge is 2.34. The predicted molar refractivity (Wildman–Crippen MR) is 109 cm³/mol. The Labute approximate surface area is 166 Å². The Balaban J connectivity index is 1.81. The van der Waals surface area contributed by atoms with Crippen LogP contribution in [0.5, 0.6) is 0 Å². The summed E-state index contributed by atoms with van der Waals surface area (Å²) >= 11 is 0. The molecular formula is C21H26N2O4S. The lowest BCUT2D eigenvalue weighted by Gasteiger charge is -2.22. The predicted octanol–water partition coefficient (Wildman–Crippen LogP) is 3.54. The first-order valence-corrected chi connectivity index (χ1v) is 11.0. The molecule has 0 bridgehead atoms. The number of carboxylic acid groups (broad SMARTS) is 1. The van der Waals surface area contributed by atoms with Crippen molar-refractivity contribution in [3.8, 4) is 0 Å². The Bertz CT molecular complexity index is 943. The van der Waals surface area contributed by atoms with Crippen molar-refractivity contribution in [1.82, 2.24) is 5.32 Å². The summed E-state index contributed by atoms with van der Waals surface area (Å²) in [6.45, 7) is 0.726. The Kier molecular flexibility index (Phi) is 6.36. The van der Waals surface area contributed by atoms with Crippen molar-refractivity contribution in [2.45, 2.75) is 43.0 Å². The summed E-state index contributed by atoms with van der Waals surface area (Å²) in [6.07, 6.45) is 3.62. The van der Waals surface area contributed by atoms with E-state index in [0.717, 1.165) is 36.9 Å². The fraction of sp³-hybridized carbons (Fsp3) is 0.381. The fourth-order valence-corrected chi connectivity index (χ4v) is 5.09. The van der Waals surface area contributed by atoms with Gasteiger partial charge in [0, 0.05) is 13.5 Å². The molecule has 1 atom stereocenters. The summed E-state index contributed by atoms with van der Waals surface area (Å²) in [4.78, 5) is 10.9. The van der Waals surface area contributed by atoms with Gasteiger partial charge in [0.2, 0.25) is 0 Å². The average molecular weight is 403 g/mol. The van der Waals surface area contributed by atoms with E-state index in [-0.39, 0.29) is 12.5 Å². The molecule has 2 N–H and O–H groups in total. The molecule has 28 heavy (non-hydrogen) atoms. The number of hydrogen-bond acceptors (Lipinski definition) is 4. The van der Waals surface area contributed by atoms with Crippen LogP contribution in [-0.4, -0.2) is 33.1 Å². The van der Waals surface area contributed by atoms with Gasteiger partial charge in [-0.2, -0.15) is 0 Å². The molecule has 6 nitrogen and oxygen atoms in total. The van der Waals surface area contributed by atoms with E-state index in [0.29, 0.717) is 17.0 Å². The molecular weight excluding hydrogens is 376 g/mol. The van der Waals surface area contributed by atoms with Gasteiger partial charge in [-0.25, -0.2) is 8.42 Å². The number of anilines is 1. The van der Waals surface area contributed by atoms with E-state index in [4.69, 9.17) is 5.11 Å². The molecule has 7 heteroatoms. The Morgan fingerprint density at radius 1 is 1.00 bits per heavy atom. The summed E-state index contributed by atoms with van der Waals surface area (Å²) in [5, 5.41) is 12.2. The fourth-order valence-electron chi connectivity index (χ4n) is 3.64. The van der Waals surface area contributed by atoms with E-state index < -0.39 is 16.0 Å². The van der Waals surface area contributed by atoms with Gasteiger partial charge >= 0.3 is 5.97 Å². The van der Waals surface area contributed by atoms with Crippen LogP contribution in [0.4, 0.5) is 5.69 Å². The van der Waals surface area contributed by atoms with Crippen LogP contribution in [0.1, 0.15) is 49.3 Å². The van der Waals surface area contributed by atoms with Crippen molar-refractivity contribution < 1.29 is 18.3 Å². The number of nitrogens with zero attached hydrogens (tertiary/aromatic N) is 1. The highest BCUT2D eigenvalue weighted by Crippen LogP contribution is 2.39. The summed E-state index contributed by atoms with van der Waals surface area (Å²) in [7, 11) is -2.02. The van der Waals surface area contributed by atoms with Gasteiger partial charge in [-0.05, 0) is 42.6 Å². The minimum absolute atomic E-state index is 0.209. The zero-order chi connectivity index (χ0) is 20.1. The van der Waals surface area contributed by atoms with Crippen molar-refractivity contribution in [2.75, 3.05) is 17.9 Å². The Morgan fingerprint density at radius 2 is 1.64 bits per heavy atom. The number of para-hydroxylation sites is 1. The Hall–Kier alpha value is -2.38. The third-order valence-corrected chi connectivity index (χ3v) is 6.97. The molecule has 0 spiro atoms. The molecule has 0 fully saturated rings. The Morgan fingerprint density at radius 3 is 2.39 bits per heavy atom. The molecule has 1 unspecified atom stereocenters. The minimum atomic E-state index is -3.62. The van der Waals surface area contributed by atoms with Gasteiger partial charge in [0.15, 0.2) is 0 Å². The maximum atomic E-state index is 13.1. The molecule has 1 aliphatic heterocycles. The molecule has 0 radical (unpaired) electrons. The molecule has 0 aliphatic carbocycles. The molecule has 2 aromatic carbocycles. The topological polar surface area (TPSA) is 86.7 Å². The standard InChI is InChI=1S/C21H26N2O4S/c1-23-18-12-7-5-10-16(18)21(22-15-9-3-2-4-14-20(24)25)17-11-6-8-13-19(17)28(23,26)27/h5-8,10-13,21-22H,2-4,9,14-15H2,1H3,(H,24,25). The van der Waals surface area contributed by atoms with Crippen LogP contribution in [0.3, 0.4) is 0 Å². The molecule has 0 aromatic heterocycles. The monoisotopic (exact) mass is 402 g/mol. The molecule has 3 rings (SSSR count). The second-order valence-electron chi connectivity index (χ2n) is 7.01. The zero-order valence-electron chi connectivity index (χ0n) is 16.0. The highest BCUT2D eigenvalue weighted by molar-refractivity contribution is 7.92. The molecule has 0 saturated heterocycles. The van der Waals surface area contributed by atoms with Gasteiger partial charge in [-0.1, -0.05) is 49.2 Å². The molecule has 2 aromatic rings. The van der Waals surface area contributed by atoms with Gasteiger partial charge in [-0.3, -0.25) is 9.10 Å². The summed E-state index contributed by atoms with van der Waals surface area (Å²) in [6, 6.07) is 14.5. The number of fused-ring (bicyclic) bond motifs is 2. The summed E-state index contributed by atoms with van der Waals surface area (Å²) in [5.41, 5.74) is 2.37. The van der Waals surface area contributed by atoms with Crippen molar-refractivity contribution in [1.29, 1.82) is 0 Å². The molecule has 150 valence electrons. The van der Waals surface area contributed by atoms with Crippen molar-refractivity contribution in [2.24, 2.45) is 0 Å². The van der Waals surface area contributed by atoms with Crippen molar-refractivity contribution in [3.05, 3.63) is 59.7 Å². The third kappa shape index (κ3) is 4.20. The number of hydrogen-bond donors (Lipinski definition) is 2. The number of aliphatic carboxylic acids is 1. The second-order valence-corrected chi connectivity index (χ2v) is 8.95. The smallest absolute Gasteiger partial charge is 0.303 e. The molecule has 0 saturated carbocycles. The number of rotatable bonds is 8. The van der Waals surface area contributed by atoms with Crippen LogP contribution in [-0.2, 0) is 14.8 Å². The van der Waals surface area contributed by atoms with E-state index >= 15 is 0 Å². The number of carboxylic acids is 1. The quantitative estimate of drug-likeness (QED) is 0.660. The highest BCUT2D eigenvalue weighted by atomic mass is 32.2. The zero-order valence-corrected chi connectivity index (χ0v) is 16.8. The van der Waals surface area contributed by atoms with Gasteiger partial charge in [0.1, 0.15) is 0 Å². The van der Waals surface area contributed by atoms with Crippen LogP contribution < -0.4 is 9.62 Å². The summed E-state index contributed by atoms with van der Waals surface area (Å²) in [5.74, 6) is -0.755. The van der Waals surface area contributed by atoms with Crippen LogP contribution in [0.2, 0.25) is 0 Å². The second kappa shape index (κ2) is 8.75. The molecule has 1 aliphatic rings. The van der Waals surface area contributed by atoms with Gasteiger partial charge < -0.3 is 10.4 Å². The number of nitrogens with one attached hydrogen (secondary N) is 1. The first kappa shape index (κ1) is 20.4. The van der Waals surface area contributed by atoms with E-state index in [9.17, 15) is 13.2 Å². The molecule has 1 heterocycles. The van der Waals surface area contributed by atoms with E-state index in [1.54, 1.807) is 19.2 Å². The van der Waals surface area contributed by atoms with E-state index in [1.807, 2.05) is 36.4 Å². The van der Waals surface area contributed by atoms with Crippen LogP contribution in [0, 0.1) is 0 Å². The van der Waals surface area contributed by atoms with Crippen LogP contribution in [0.15, 0.2) is 53.4 Å². The van der Waals surface area contributed by atoms with E-state index in [2.05, 4.69) is 5.32 Å². The SMILES string of the molecule is CN1c2ccccc2C(NCCCCCCC(=O)O)c2ccccc2S1(=O)=O. The largest absolute Gasteiger partial charge is 0.481 e. The van der Waals surface area contributed by atoms with Gasteiger partial charge in [0.05, 0.1) is 16.6 Å². The van der Waals surface area contributed by atoms with Gasteiger partial charge in [-0.15, -0.1) is 0 Å². The number of carbonyl (C=O) groups is 1. The maximum Gasteiger partial charge on any atom is 0.303 e. The van der Waals surface area contributed by atoms with Crippen LogP contribution in [0.25, 0.3) is 0 Å². The third-order valence-electron chi connectivity index (χ3n) is 5.12. The average Bonchev–Trinajstić information content (AvgIpc) is 2.75. The van der Waals surface area contributed by atoms with Crippen LogP contribution >= 0.6 is 0 Å². The first-order chi connectivity index (χ1) is 13.4. The van der Waals surface area contributed by atoms with Crippen molar-refractivity contribution in [3.63, 3.8) is 0 Å². The van der Waals surface area contributed by atoms with E-state index in [1.165, 1.54) is 4.31 Å². The molecule has 0 amide bonds.